The van der Waals surface area contributed by atoms with Gasteiger partial charge in [-0.1, -0.05) is 17.7 Å². The minimum absolute atomic E-state index is 0.0661. The monoisotopic (exact) mass is 423 g/mol. The zero-order valence-electron chi connectivity index (χ0n) is 14.9. The normalized spacial score (nSPS) is 15.4. The fourth-order valence-electron chi connectivity index (χ4n) is 2.61. The summed E-state index contributed by atoms with van der Waals surface area (Å²) in [5.41, 5.74) is 0.969. The summed E-state index contributed by atoms with van der Waals surface area (Å²) in [6, 6.07) is 6.80. The summed E-state index contributed by atoms with van der Waals surface area (Å²) in [7, 11) is 2.77. The molecule has 1 aliphatic rings. The first-order valence-electron chi connectivity index (χ1n) is 7.98. The second-order valence-corrected chi connectivity index (χ2v) is 7.18. The lowest BCUT2D eigenvalue weighted by atomic mass is 10.1. The number of ether oxygens (including phenoxy) is 2. The lowest BCUT2D eigenvalue weighted by molar-refractivity contribution is -0.123. The number of phenolic OH excluding ortho intramolecular Hbond substituents is 1. The summed E-state index contributed by atoms with van der Waals surface area (Å²) in [5.74, 6) is -0.827. The topological polar surface area (TPSA) is 76.1 Å². The highest BCUT2D eigenvalue weighted by molar-refractivity contribution is 8.18. The predicted molar refractivity (Wildman–Crippen MR) is 104 cm³/mol. The van der Waals surface area contributed by atoms with Crippen LogP contribution in [0.4, 0.5) is 9.18 Å². The van der Waals surface area contributed by atoms with Crippen LogP contribution in [0.5, 0.6) is 17.2 Å². The maximum Gasteiger partial charge on any atom is 0.293 e. The average molecular weight is 424 g/mol. The van der Waals surface area contributed by atoms with Gasteiger partial charge in [0.05, 0.1) is 25.7 Å². The first-order chi connectivity index (χ1) is 13.3. The van der Waals surface area contributed by atoms with Crippen molar-refractivity contribution in [2.24, 2.45) is 0 Å². The Balaban J connectivity index is 1.89. The Morgan fingerprint density at radius 2 is 1.82 bits per heavy atom. The molecule has 0 aliphatic carbocycles. The summed E-state index contributed by atoms with van der Waals surface area (Å²) in [5, 5.41) is 9.65. The van der Waals surface area contributed by atoms with Crippen molar-refractivity contribution in [1.29, 1.82) is 0 Å². The Bertz CT molecular complexity index is 969. The van der Waals surface area contributed by atoms with Gasteiger partial charge in [0.15, 0.2) is 11.5 Å². The molecule has 1 saturated heterocycles. The molecule has 28 heavy (non-hydrogen) atoms. The molecule has 2 aromatic carbocycles. The zero-order valence-corrected chi connectivity index (χ0v) is 16.4. The number of carbonyl (C=O) groups excluding carboxylic acids is 2. The van der Waals surface area contributed by atoms with Crippen molar-refractivity contribution in [3.05, 3.63) is 57.2 Å². The quantitative estimate of drug-likeness (QED) is 0.716. The fourth-order valence-corrected chi connectivity index (χ4v) is 3.67. The molecule has 6 nitrogen and oxygen atoms in total. The lowest BCUT2D eigenvalue weighted by Crippen LogP contribution is -2.27. The number of rotatable bonds is 5. The Labute approximate surface area is 169 Å². The van der Waals surface area contributed by atoms with Gasteiger partial charge in [-0.25, -0.2) is 4.39 Å². The summed E-state index contributed by atoms with van der Waals surface area (Å²) < 4.78 is 23.4. The summed E-state index contributed by atoms with van der Waals surface area (Å²) in [6.07, 6.45) is 1.50. The third-order valence-electron chi connectivity index (χ3n) is 4.02. The molecule has 2 amide bonds. The number of halogens is 2. The number of benzene rings is 2. The second kappa shape index (κ2) is 8.12. The summed E-state index contributed by atoms with van der Waals surface area (Å²) in [4.78, 5) is 26.2. The maximum atomic E-state index is 13.2. The molecular formula is C19H15ClFNO5S. The van der Waals surface area contributed by atoms with E-state index in [4.69, 9.17) is 21.1 Å². The SMILES string of the molecule is COc1cc(/C=C2\SC(=O)N(Cc3ccc(F)cc3Cl)C2=O)cc(OC)c1O. The maximum absolute atomic E-state index is 13.2. The van der Waals surface area contributed by atoms with Gasteiger partial charge in [0, 0.05) is 5.02 Å². The van der Waals surface area contributed by atoms with E-state index in [9.17, 15) is 19.1 Å². The van der Waals surface area contributed by atoms with Crippen molar-refractivity contribution in [2.45, 2.75) is 6.54 Å². The number of imide groups is 1. The summed E-state index contributed by atoms with van der Waals surface area (Å²) in [6.45, 7) is -0.0661. The van der Waals surface area contributed by atoms with E-state index in [-0.39, 0.29) is 33.7 Å². The van der Waals surface area contributed by atoms with Crippen LogP contribution in [0.2, 0.25) is 5.02 Å². The van der Waals surface area contributed by atoms with Crippen LogP contribution in [-0.2, 0) is 11.3 Å². The molecule has 3 rings (SSSR count). The van der Waals surface area contributed by atoms with Gasteiger partial charge in [-0.3, -0.25) is 14.5 Å². The molecule has 2 aromatic rings. The standard InChI is InChI=1S/C19H15ClFNO5S/c1-26-14-5-10(6-15(27-2)17(14)23)7-16-18(24)22(19(25)28-16)9-11-3-4-12(21)8-13(11)20/h3-8,23H,9H2,1-2H3/b16-7-. The van der Waals surface area contributed by atoms with E-state index in [1.807, 2.05) is 0 Å². The number of hydrogen-bond acceptors (Lipinski definition) is 6. The number of amides is 2. The number of phenols is 1. The predicted octanol–water partition coefficient (Wildman–Crippen LogP) is 4.44. The van der Waals surface area contributed by atoms with Gasteiger partial charge >= 0.3 is 0 Å². The van der Waals surface area contributed by atoms with Crippen molar-refractivity contribution in [3.8, 4) is 17.2 Å². The highest BCUT2D eigenvalue weighted by atomic mass is 35.5. The van der Waals surface area contributed by atoms with Crippen LogP contribution in [0.15, 0.2) is 35.2 Å². The van der Waals surface area contributed by atoms with Gasteiger partial charge in [-0.15, -0.1) is 0 Å². The number of thioether (sulfide) groups is 1. The fraction of sp³-hybridized carbons (Fsp3) is 0.158. The van der Waals surface area contributed by atoms with Crippen molar-refractivity contribution in [2.75, 3.05) is 14.2 Å². The Kier molecular flexibility index (Phi) is 5.81. The van der Waals surface area contributed by atoms with Gasteiger partial charge < -0.3 is 14.6 Å². The van der Waals surface area contributed by atoms with Crippen LogP contribution in [0, 0.1) is 5.82 Å². The van der Waals surface area contributed by atoms with Crippen molar-refractivity contribution >= 4 is 40.6 Å². The Morgan fingerprint density at radius 3 is 2.39 bits per heavy atom. The van der Waals surface area contributed by atoms with Gasteiger partial charge in [-0.2, -0.15) is 0 Å². The van der Waals surface area contributed by atoms with Crippen molar-refractivity contribution < 1.29 is 28.6 Å². The van der Waals surface area contributed by atoms with E-state index >= 15 is 0 Å². The molecule has 0 radical (unpaired) electrons. The lowest BCUT2D eigenvalue weighted by Gasteiger charge is -2.13. The van der Waals surface area contributed by atoms with Crippen LogP contribution in [0.25, 0.3) is 6.08 Å². The number of aromatic hydroxyl groups is 1. The molecule has 0 aromatic heterocycles. The number of carbonyl (C=O) groups is 2. The van der Waals surface area contributed by atoms with E-state index < -0.39 is 17.0 Å². The van der Waals surface area contributed by atoms with Crippen LogP contribution in [-0.4, -0.2) is 35.4 Å². The minimum atomic E-state index is -0.502. The molecule has 1 N–H and O–H groups in total. The number of hydrogen-bond donors (Lipinski definition) is 1. The molecule has 1 fully saturated rings. The van der Waals surface area contributed by atoms with Crippen molar-refractivity contribution in [1.82, 2.24) is 4.90 Å². The molecule has 1 aliphatic heterocycles. The van der Waals surface area contributed by atoms with E-state index in [2.05, 4.69) is 0 Å². The summed E-state index contributed by atoms with van der Waals surface area (Å²) >= 11 is 6.76. The van der Waals surface area contributed by atoms with E-state index in [1.165, 1.54) is 44.6 Å². The number of nitrogens with zero attached hydrogens (tertiary/aromatic N) is 1. The first kappa shape index (κ1) is 20.0. The first-order valence-corrected chi connectivity index (χ1v) is 9.17. The molecule has 0 unspecified atom stereocenters. The minimum Gasteiger partial charge on any atom is -0.502 e. The largest absolute Gasteiger partial charge is 0.502 e. The van der Waals surface area contributed by atoms with Crippen LogP contribution in [0.3, 0.4) is 0 Å². The van der Waals surface area contributed by atoms with Gasteiger partial charge in [-0.05, 0) is 53.2 Å². The third-order valence-corrected chi connectivity index (χ3v) is 5.28. The zero-order chi connectivity index (χ0) is 20.4. The van der Waals surface area contributed by atoms with Crippen LogP contribution in [0.1, 0.15) is 11.1 Å². The van der Waals surface area contributed by atoms with Gasteiger partial charge in [0.25, 0.3) is 11.1 Å². The highest BCUT2D eigenvalue weighted by Gasteiger charge is 2.35. The smallest absolute Gasteiger partial charge is 0.293 e. The molecule has 0 atom stereocenters. The van der Waals surface area contributed by atoms with E-state index in [0.717, 1.165) is 22.7 Å². The molecule has 0 bridgehead atoms. The third kappa shape index (κ3) is 3.93. The van der Waals surface area contributed by atoms with E-state index in [0.29, 0.717) is 11.1 Å². The molecule has 1 heterocycles. The molecule has 146 valence electrons. The van der Waals surface area contributed by atoms with E-state index in [1.54, 1.807) is 0 Å². The molecule has 9 heteroatoms. The molecular weight excluding hydrogens is 409 g/mol. The molecule has 0 saturated carbocycles. The van der Waals surface area contributed by atoms with Crippen LogP contribution < -0.4 is 9.47 Å². The highest BCUT2D eigenvalue weighted by Crippen LogP contribution is 2.39. The molecule has 0 spiro atoms. The Morgan fingerprint density at radius 1 is 1.18 bits per heavy atom. The van der Waals surface area contributed by atoms with Gasteiger partial charge in [0.2, 0.25) is 5.75 Å². The van der Waals surface area contributed by atoms with Crippen LogP contribution >= 0.6 is 23.4 Å². The van der Waals surface area contributed by atoms with Gasteiger partial charge in [0.1, 0.15) is 5.82 Å². The average Bonchev–Trinajstić information content (AvgIpc) is 2.92. The second-order valence-electron chi connectivity index (χ2n) is 5.78. The Hall–Kier alpha value is -2.71. The number of methoxy groups -OCH3 is 2. The van der Waals surface area contributed by atoms with Crippen molar-refractivity contribution in [3.63, 3.8) is 0 Å².